The van der Waals surface area contributed by atoms with E-state index < -0.39 is 0 Å². The van der Waals surface area contributed by atoms with Gasteiger partial charge >= 0.3 is 0 Å². The summed E-state index contributed by atoms with van der Waals surface area (Å²) in [6.07, 6.45) is 10.1. The van der Waals surface area contributed by atoms with Gasteiger partial charge in [0.25, 0.3) is 0 Å². The number of hydrogen-bond acceptors (Lipinski definition) is 6. The highest BCUT2D eigenvalue weighted by molar-refractivity contribution is 6.22. The predicted molar refractivity (Wildman–Crippen MR) is 88.8 cm³/mol. The summed E-state index contributed by atoms with van der Waals surface area (Å²) in [7, 11) is 1.65. The van der Waals surface area contributed by atoms with Gasteiger partial charge in [-0.2, -0.15) is 0 Å². The van der Waals surface area contributed by atoms with Gasteiger partial charge in [-0.05, 0) is 17.7 Å². The Balaban J connectivity index is 1.83. The molecule has 0 aromatic carbocycles. The average molecular weight is 336 g/mol. The van der Waals surface area contributed by atoms with Gasteiger partial charge in [-0.1, -0.05) is 11.6 Å². The third-order valence-electron chi connectivity index (χ3n) is 4.01. The number of nitrogens with zero attached hydrogens (tertiary/aromatic N) is 4. The molecular weight excluding hydrogens is 316 g/mol. The molecule has 1 aromatic heterocycles. The van der Waals surface area contributed by atoms with Gasteiger partial charge in [-0.25, -0.2) is 4.99 Å². The Morgan fingerprint density at radius 3 is 3.00 bits per heavy atom. The minimum absolute atomic E-state index is 0.122. The molecule has 1 radical (unpaired) electrons. The van der Waals surface area contributed by atoms with E-state index in [1.165, 1.54) is 0 Å². The molecule has 1 aromatic rings. The zero-order chi connectivity index (χ0) is 16.1. The molecule has 0 bridgehead atoms. The summed E-state index contributed by atoms with van der Waals surface area (Å²) in [4.78, 5) is 12.6. The fourth-order valence-corrected chi connectivity index (χ4v) is 2.95. The standard InChI is InChI=1S/C16H20ClN4O2/c1-22-14-8-13(9-19-10-14)15(20-4-6-23-7-5-20)11-21-12-18-3-2-16(21)17/h2-3,8-10,15-16H,4-7,11H2,1H3. The zero-order valence-electron chi connectivity index (χ0n) is 13.1. The molecule has 2 unspecified atom stereocenters. The van der Waals surface area contributed by atoms with E-state index in [4.69, 9.17) is 21.1 Å². The summed E-state index contributed by atoms with van der Waals surface area (Å²) in [5.74, 6) is 0.749. The van der Waals surface area contributed by atoms with Crippen molar-refractivity contribution in [3.8, 4) is 5.75 Å². The summed E-state index contributed by atoms with van der Waals surface area (Å²) in [6.45, 7) is 3.88. The molecule has 0 spiro atoms. The number of ether oxygens (including phenoxy) is 2. The van der Waals surface area contributed by atoms with E-state index in [0.717, 1.165) is 37.6 Å². The first-order chi connectivity index (χ1) is 11.3. The Kier molecular flexibility index (Phi) is 5.48. The molecule has 2 aliphatic heterocycles. The van der Waals surface area contributed by atoms with Crippen LogP contribution in [0.1, 0.15) is 11.6 Å². The molecule has 23 heavy (non-hydrogen) atoms. The maximum atomic E-state index is 6.34. The summed E-state index contributed by atoms with van der Waals surface area (Å²) in [5, 5.41) is 0. The van der Waals surface area contributed by atoms with Crippen molar-refractivity contribution >= 4 is 17.9 Å². The fraction of sp³-hybridized carbons (Fsp3) is 0.500. The third-order valence-corrected chi connectivity index (χ3v) is 4.40. The van der Waals surface area contributed by atoms with E-state index in [9.17, 15) is 0 Å². The number of alkyl halides is 1. The Morgan fingerprint density at radius 1 is 1.43 bits per heavy atom. The van der Waals surface area contributed by atoms with Crippen LogP contribution in [0.3, 0.4) is 0 Å². The largest absolute Gasteiger partial charge is 0.495 e. The predicted octanol–water partition coefficient (Wildman–Crippen LogP) is 1.76. The quantitative estimate of drug-likeness (QED) is 0.606. The SMILES string of the molecule is COc1cncc(C(CN2[C]=NC=CC2Cl)N2CCOCC2)c1. The van der Waals surface area contributed by atoms with Crippen molar-refractivity contribution < 1.29 is 9.47 Å². The van der Waals surface area contributed by atoms with Crippen molar-refractivity contribution in [1.82, 2.24) is 14.8 Å². The smallest absolute Gasteiger partial charge is 0.173 e. The van der Waals surface area contributed by atoms with Crippen molar-refractivity contribution in [3.05, 3.63) is 36.3 Å². The van der Waals surface area contributed by atoms with Gasteiger partial charge in [0.1, 0.15) is 11.3 Å². The van der Waals surface area contributed by atoms with E-state index in [-0.39, 0.29) is 11.5 Å². The van der Waals surface area contributed by atoms with Crippen LogP contribution in [0, 0.1) is 0 Å². The monoisotopic (exact) mass is 335 g/mol. The highest BCUT2D eigenvalue weighted by Gasteiger charge is 2.27. The number of morpholine rings is 1. The van der Waals surface area contributed by atoms with Gasteiger partial charge in [0.2, 0.25) is 0 Å². The van der Waals surface area contributed by atoms with Crippen molar-refractivity contribution in [2.45, 2.75) is 11.5 Å². The van der Waals surface area contributed by atoms with Gasteiger partial charge in [0.05, 0.1) is 32.6 Å². The van der Waals surface area contributed by atoms with Gasteiger partial charge in [0.15, 0.2) is 6.34 Å². The van der Waals surface area contributed by atoms with Crippen LogP contribution >= 0.6 is 11.6 Å². The van der Waals surface area contributed by atoms with E-state index in [1.807, 2.05) is 23.2 Å². The number of halogens is 1. The van der Waals surface area contributed by atoms with Crippen LogP contribution in [0.2, 0.25) is 0 Å². The Hall–Kier alpha value is -1.63. The minimum atomic E-state index is -0.241. The third kappa shape index (κ3) is 4.02. The molecule has 2 atom stereocenters. The molecule has 0 amide bonds. The molecule has 2 aliphatic rings. The minimum Gasteiger partial charge on any atom is -0.495 e. The summed E-state index contributed by atoms with van der Waals surface area (Å²) in [6, 6.07) is 2.14. The summed E-state index contributed by atoms with van der Waals surface area (Å²) < 4.78 is 10.8. The van der Waals surface area contributed by atoms with Crippen LogP contribution in [0.25, 0.3) is 0 Å². The number of aliphatic imine (C=N–C) groups is 1. The lowest BCUT2D eigenvalue weighted by atomic mass is 10.1. The van der Waals surface area contributed by atoms with Gasteiger partial charge in [0, 0.05) is 32.0 Å². The topological polar surface area (TPSA) is 50.2 Å². The number of pyridine rings is 1. The van der Waals surface area contributed by atoms with Crippen LogP contribution in [-0.2, 0) is 4.74 Å². The normalized spacial score (nSPS) is 23.0. The fourth-order valence-electron chi connectivity index (χ4n) is 2.76. The lowest BCUT2D eigenvalue weighted by molar-refractivity contribution is 0.0118. The summed E-state index contributed by atoms with van der Waals surface area (Å²) in [5.41, 5.74) is 0.848. The molecule has 3 rings (SSSR count). The molecule has 123 valence electrons. The molecule has 0 saturated carbocycles. The zero-order valence-corrected chi connectivity index (χ0v) is 13.8. The average Bonchev–Trinajstić information content (AvgIpc) is 2.62. The lowest BCUT2D eigenvalue weighted by Gasteiger charge is -2.38. The maximum absolute atomic E-state index is 6.34. The lowest BCUT2D eigenvalue weighted by Crippen LogP contribution is -2.45. The van der Waals surface area contributed by atoms with Crippen molar-refractivity contribution in [1.29, 1.82) is 0 Å². The summed E-state index contributed by atoms with van der Waals surface area (Å²) >= 11 is 6.34. The second-order valence-electron chi connectivity index (χ2n) is 5.42. The van der Waals surface area contributed by atoms with Crippen LogP contribution in [0.4, 0.5) is 0 Å². The van der Waals surface area contributed by atoms with E-state index in [0.29, 0.717) is 6.54 Å². The van der Waals surface area contributed by atoms with Crippen LogP contribution in [-0.4, -0.2) is 66.6 Å². The maximum Gasteiger partial charge on any atom is 0.173 e. The molecule has 3 heterocycles. The van der Waals surface area contributed by atoms with Crippen LogP contribution in [0.15, 0.2) is 35.7 Å². The van der Waals surface area contributed by atoms with Crippen LogP contribution < -0.4 is 4.74 Å². The van der Waals surface area contributed by atoms with Crippen LogP contribution in [0.5, 0.6) is 5.75 Å². The van der Waals surface area contributed by atoms with Gasteiger partial charge < -0.3 is 14.4 Å². The molecule has 6 nitrogen and oxygen atoms in total. The number of methoxy groups -OCH3 is 1. The first kappa shape index (κ1) is 16.2. The first-order valence-electron chi connectivity index (χ1n) is 7.61. The van der Waals surface area contributed by atoms with Crippen molar-refractivity contribution in [2.75, 3.05) is 40.0 Å². The highest BCUT2D eigenvalue weighted by atomic mass is 35.5. The Morgan fingerprint density at radius 2 is 2.26 bits per heavy atom. The molecule has 0 N–H and O–H groups in total. The number of aromatic nitrogens is 1. The van der Waals surface area contributed by atoms with E-state index in [2.05, 4.69) is 21.2 Å². The van der Waals surface area contributed by atoms with Crippen molar-refractivity contribution in [2.24, 2.45) is 4.99 Å². The number of rotatable bonds is 5. The Bertz CT molecular complexity index is 575. The molecule has 0 aliphatic carbocycles. The molecule has 7 heteroatoms. The van der Waals surface area contributed by atoms with E-state index in [1.54, 1.807) is 19.5 Å². The van der Waals surface area contributed by atoms with Gasteiger partial charge in [-0.15, -0.1) is 0 Å². The molecular formula is C16H20ClN4O2. The number of hydrogen-bond donors (Lipinski definition) is 0. The highest BCUT2D eigenvalue weighted by Crippen LogP contribution is 2.26. The first-order valence-corrected chi connectivity index (χ1v) is 8.05. The van der Waals surface area contributed by atoms with E-state index >= 15 is 0 Å². The Labute approximate surface area is 141 Å². The van der Waals surface area contributed by atoms with Gasteiger partial charge in [-0.3, -0.25) is 9.88 Å². The second-order valence-corrected chi connectivity index (χ2v) is 5.87. The molecule has 1 saturated heterocycles. The second kappa shape index (κ2) is 7.77. The molecule has 1 fully saturated rings. The van der Waals surface area contributed by atoms with Crippen molar-refractivity contribution in [3.63, 3.8) is 0 Å².